The van der Waals surface area contributed by atoms with E-state index in [1.54, 1.807) is 18.5 Å². The summed E-state index contributed by atoms with van der Waals surface area (Å²) in [5.74, 6) is 0.527. The van der Waals surface area contributed by atoms with Crippen molar-refractivity contribution < 1.29 is 9.53 Å². The zero-order chi connectivity index (χ0) is 15.9. The predicted molar refractivity (Wildman–Crippen MR) is 89.3 cm³/mol. The average Bonchev–Trinajstić information content (AvgIpc) is 2.60. The number of hydrogen-bond acceptors (Lipinski definition) is 4. The average molecular weight is 307 g/mol. The van der Waals surface area contributed by atoms with E-state index >= 15 is 0 Å². The molecule has 2 heterocycles. The highest BCUT2D eigenvalue weighted by atomic mass is 16.5. The van der Waals surface area contributed by atoms with Gasteiger partial charge in [-0.15, -0.1) is 0 Å². The molecule has 116 valence electrons. The van der Waals surface area contributed by atoms with E-state index in [4.69, 9.17) is 4.74 Å². The Labute approximate surface area is 134 Å². The molecule has 0 saturated heterocycles. The highest BCUT2D eigenvalue weighted by Gasteiger charge is 2.06. The first-order valence-electron chi connectivity index (χ1n) is 7.50. The molecule has 0 aliphatic heterocycles. The topological polar surface area (TPSA) is 64.1 Å². The summed E-state index contributed by atoms with van der Waals surface area (Å²) in [6.07, 6.45) is 4.41. The third-order valence-corrected chi connectivity index (χ3v) is 3.34. The van der Waals surface area contributed by atoms with Crippen molar-refractivity contribution in [2.24, 2.45) is 0 Å². The number of anilines is 1. The lowest BCUT2D eigenvalue weighted by molar-refractivity contribution is -0.116. The molecule has 1 amide bonds. The summed E-state index contributed by atoms with van der Waals surface area (Å²) >= 11 is 0. The lowest BCUT2D eigenvalue weighted by atomic mass is 10.2. The van der Waals surface area contributed by atoms with Gasteiger partial charge in [-0.25, -0.2) is 4.98 Å². The van der Waals surface area contributed by atoms with Crippen LogP contribution in [0.5, 0.6) is 5.88 Å². The molecule has 1 aromatic carbocycles. The summed E-state index contributed by atoms with van der Waals surface area (Å²) in [7, 11) is 0. The largest absolute Gasteiger partial charge is 0.478 e. The first-order chi connectivity index (χ1) is 11.3. The SMILES string of the molecule is O=C(CCCOc1ccccn1)Nc1cccc2cccnc12. The number of benzene rings is 1. The number of fused-ring (bicyclic) bond motifs is 1. The second-order valence-corrected chi connectivity index (χ2v) is 5.05. The number of amides is 1. The fraction of sp³-hybridized carbons (Fsp3) is 0.167. The Kier molecular flexibility index (Phi) is 4.79. The van der Waals surface area contributed by atoms with Gasteiger partial charge >= 0.3 is 0 Å². The smallest absolute Gasteiger partial charge is 0.224 e. The number of nitrogens with one attached hydrogen (secondary N) is 1. The van der Waals surface area contributed by atoms with Crippen LogP contribution in [0, 0.1) is 0 Å². The van der Waals surface area contributed by atoms with Gasteiger partial charge in [0.25, 0.3) is 0 Å². The van der Waals surface area contributed by atoms with Crippen LogP contribution in [-0.4, -0.2) is 22.5 Å². The van der Waals surface area contributed by atoms with Gasteiger partial charge in [0.15, 0.2) is 0 Å². The molecule has 0 radical (unpaired) electrons. The lowest BCUT2D eigenvalue weighted by Crippen LogP contribution is -2.13. The third-order valence-electron chi connectivity index (χ3n) is 3.34. The molecular formula is C18H17N3O2. The van der Waals surface area contributed by atoms with Crippen molar-refractivity contribution in [3.63, 3.8) is 0 Å². The number of ether oxygens (including phenoxy) is 1. The molecule has 0 aliphatic carbocycles. The molecule has 3 aromatic rings. The lowest BCUT2D eigenvalue weighted by Gasteiger charge is -2.08. The minimum Gasteiger partial charge on any atom is -0.478 e. The molecular weight excluding hydrogens is 290 g/mol. The number of nitrogens with zero attached hydrogens (tertiary/aromatic N) is 2. The number of carbonyl (C=O) groups excluding carboxylic acids is 1. The fourth-order valence-electron chi connectivity index (χ4n) is 2.26. The van der Waals surface area contributed by atoms with E-state index in [9.17, 15) is 4.79 Å². The van der Waals surface area contributed by atoms with Gasteiger partial charge in [-0.05, 0) is 24.6 Å². The van der Waals surface area contributed by atoms with Crippen LogP contribution in [0.25, 0.3) is 10.9 Å². The maximum atomic E-state index is 12.1. The van der Waals surface area contributed by atoms with Crippen molar-refractivity contribution in [2.75, 3.05) is 11.9 Å². The van der Waals surface area contributed by atoms with Crippen molar-refractivity contribution >= 4 is 22.5 Å². The van der Waals surface area contributed by atoms with Gasteiger partial charge in [0.1, 0.15) is 0 Å². The van der Waals surface area contributed by atoms with Gasteiger partial charge in [0.2, 0.25) is 11.8 Å². The summed E-state index contributed by atoms with van der Waals surface area (Å²) in [5.41, 5.74) is 1.53. The van der Waals surface area contributed by atoms with Crippen molar-refractivity contribution in [1.29, 1.82) is 0 Å². The second-order valence-electron chi connectivity index (χ2n) is 5.05. The molecule has 2 aromatic heterocycles. The van der Waals surface area contributed by atoms with E-state index in [1.165, 1.54) is 0 Å². The molecule has 0 bridgehead atoms. The highest BCUT2D eigenvalue weighted by molar-refractivity contribution is 6.00. The van der Waals surface area contributed by atoms with Crippen molar-refractivity contribution in [3.05, 3.63) is 60.9 Å². The van der Waals surface area contributed by atoms with Crippen LogP contribution in [-0.2, 0) is 4.79 Å². The number of hydrogen-bond donors (Lipinski definition) is 1. The monoisotopic (exact) mass is 307 g/mol. The zero-order valence-electron chi connectivity index (χ0n) is 12.6. The van der Waals surface area contributed by atoms with E-state index in [0.29, 0.717) is 25.3 Å². The van der Waals surface area contributed by atoms with E-state index in [-0.39, 0.29) is 5.91 Å². The van der Waals surface area contributed by atoms with Crippen molar-refractivity contribution in [2.45, 2.75) is 12.8 Å². The summed E-state index contributed by atoms with van der Waals surface area (Å²) in [6, 6.07) is 15.1. The number of pyridine rings is 2. The maximum Gasteiger partial charge on any atom is 0.224 e. The number of rotatable bonds is 6. The first-order valence-corrected chi connectivity index (χ1v) is 7.50. The molecule has 5 nitrogen and oxygen atoms in total. The molecule has 0 spiro atoms. The first kappa shape index (κ1) is 15.0. The van der Waals surface area contributed by atoms with E-state index in [0.717, 1.165) is 16.6 Å². The molecule has 0 atom stereocenters. The minimum absolute atomic E-state index is 0.0484. The van der Waals surface area contributed by atoms with E-state index < -0.39 is 0 Å². The number of aromatic nitrogens is 2. The van der Waals surface area contributed by atoms with Gasteiger partial charge in [0, 0.05) is 30.3 Å². The predicted octanol–water partition coefficient (Wildman–Crippen LogP) is 3.43. The molecule has 1 N–H and O–H groups in total. The standard InChI is InChI=1S/C18H17N3O2/c22-16(9-5-13-23-17-10-1-2-11-19-17)21-15-8-3-6-14-7-4-12-20-18(14)15/h1-4,6-8,10-12H,5,9,13H2,(H,21,22). The molecule has 23 heavy (non-hydrogen) atoms. The van der Waals surface area contributed by atoms with Crippen LogP contribution in [0.15, 0.2) is 60.9 Å². The van der Waals surface area contributed by atoms with Crippen molar-refractivity contribution in [3.8, 4) is 5.88 Å². The van der Waals surface area contributed by atoms with Crippen LogP contribution in [0.4, 0.5) is 5.69 Å². The summed E-state index contributed by atoms with van der Waals surface area (Å²) in [6.45, 7) is 0.457. The van der Waals surface area contributed by atoms with Crippen LogP contribution in [0.1, 0.15) is 12.8 Å². The van der Waals surface area contributed by atoms with E-state index in [1.807, 2.05) is 42.5 Å². The Balaban J connectivity index is 1.51. The van der Waals surface area contributed by atoms with Gasteiger partial charge in [-0.1, -0.05) is 24.3 Å². The van der Waals surface area contributed by atoms with Gasteiger partial charge in [0.05, 0.1) is 17.8 Å². The highest BCUT2D eigenvalue weighted by Crippen LogP contribution is 2.20. The maximum absolute atomic E-state index is 12.1. The molecule has 0 fully saturated rings. The Bertz CT molecular complexity index is 785. The number of para-hydroxylation sites is 1. The third kappa shape index (κ3) is 4.03. The molecule has 0 unspecified atom stereocenters. The summed E-state index contributed by atoms with van der Waals surface area (Å²) in [5, 5.41) is 3.91. The van der Waals surface area contributed by atoms with Gasteiger partial charge in [-0.3, -0.25) is 9.78 Å². The molecule has 3 rings (SSSR count). The Morgan fingerprint density at radius 3 is 2.74 bits per heavy atom. The summed E-state index contributed by atoms with van der Waals surface area (Å²) < 4.78 is 5.47. The molecule has 5 heteroatoms. The minimum atomic E-state index is -0.0484. The Morgan fingerprint density at radius 2 is 1.87 bits per heavy atom. The molecule has 0 saturated carbocycles. The van der Waals surface area contributed by atoms with Crippen LogP contribution in [0.3, 0.4) is 0 Å². The van der Waals surface area contributed by atoms with Gasteiger partial charge in [-0.2, -0.15) is 0 Å². The quantitative estimate of drug-likeness (QED) is 0.709. The summed E-state index contributed by atoms with van der Waals surface area (Å²) in [4.78, 5) is 20.4. The zero-order valence-corrected chi connectivity index (χ0v) is 12.6. The molecule has 0 aliphatic rings. The Morgan fingerprint density at radius 1 is 1.00 bits per heavy atom. The van der Waals surface area contributed by atoms with Crippen LogP contribution >= 0.6 is 0 Å². The van der Waals surface area contributed by atoms with Crippen molar-refractivity contribution in [1.82, 2.24) is 9.97 Å². The number of carbonyl (C=O) groups is 1. The fourth-order valence-corrected chi connectivity index (χ4v) is 2.26. The van der Waals surface area contributed by atoms with Crippen LogP contribution < -0.4 is 10.1 Å². The Hall–Kier alpha value is -2.95. The second kappa shape index (κ2) is 7.35. The van der Waals surface area contributed by atoms with Gasteiger partial charge < -0.3 is 10.1 Å². The van der Waals surface area contributed by atoms with Crippen LogP contribution in [0.2, 0.25) is 0 Å². The normalized spacial score (nSPS) is 10.4. The van der Waals surface area contributed by atoms with E-state index in [2.05, 4.69) is 15.3 Å².